The van der Waals surface area contributed by atoms with Gasteiger partial charge in [-0.25, -0.2) is 0 Å². The van der Waals surface area contributed by atoms with Crippen LogP contribution in [0.25, 0.3) is 0 Å². The number of nitrogens with zero attached hydrogens (tertiary/aromatic N) is 3. The van der Waals surface area contributed by atoms with Gasteiger partial charge in [0.2, 0.25) is 11.8 Å². The Labute approximate surface area is 184 Å². The lowest BCUT2D eigenvalue weighted by Gasteiger charge is -2.39. The molecule has 3 aliphatic heterocycles. The minimum absolute atomic E-state index is 0.214. The second-order valence-corrected chi connectivity index (χ2v) is 9.13. The highest BCUT2D eigenvalue weighted by atomic mass is 16.2. The van der Waals surface area contributed by atoms with Crippen molar-refractivity contribution in [2.45, 2.75) is 44.2 Å². The molecule has 2 aromatic carbocycles. The van der Waals surface area contributed by atoms with Gasteiger partial charge >= 0.3 is 0 Å². The van der Waals surface area contributed by atoms with Gasteiger partial charge < -0.3 is 9.80 Å². The summed E-state index contributed by atoms with van der Waals surface area (Å²) in [4.78, 5) is 31.7. The number of likely N-dealkylation sites (tertiary alicyclic amines) is 2. The largest absolute Gasteiger partial charge is 0.340 e. The Kier molecular flexibility index (Phi) is 5.77. The van der Waals surface area contributed by atoms with E-state index in [1.165, 1.54) is 16.7 Å². The van der Waals surface area contributed by atoms with E-state index in [1.807, 2.05) is 11.0 Å². The van der Waals surface area contributed by atoms with Crippen molar-refractivity contribution in [1.29, 1.82) is 0 Å². The zero-order chi connectivity index (χ0) is 21.2. The fraction of sp³-hybridized carbons (Fsp3) is 0.462. The fourth-order valence-electron chi connectivity index (χ4n) is 5.50. The molecule has 5 nitrogen and oxygen atoms in total. The number of piperidine rings is 1. The minimum atomic E-state index is 0.214. The summed E-state index contributed by atoms with van der Waals surface area (Å²) in [7, 11) is 0. The highest BCUT2D eigenvalue weighted by molar-refractivity contribution is 5.79. The Morgan fingerprint density at radius 2 is 1.68 bits per heavy atom. The smallest absolute Gasteiger partial charge is 0.237 e. The van der Waals surface area contributed by atoms with Gasteiger partial charge in [-0.3, -0.25) is 14.5 Å². The van der Waals surface area contributed by atoms with Crippen LogP contribution in [0, 0.1) is 0 Å². The molecule has 2 amide bonds. The molecule has 2 fully saturated rings. The summed E-state index contributed by atoms with van der Waals surface area (Å²) in [5.74, 6) is 0.751. The number of carbonyl (C=O) groups excluding carboxylic acids is 2. The standard InChI is InChI=1S/C26H31N3O2/c30-25-11-6-14-29(25)22-12-15-27(16-13-22)19-26(31)28-17-21-9-4-5-10-23(21)24(18-28)20-7-2-1-3-8-20/h1-5,7-10,22,24H,6,11-19H2. The maximum atomic E-state index is 13.3. The molecule has 0 spiro atoms. The second kappa shape index (κ2) is 8.83. The van der Waals surface area contributed by atoms with Crippen molar-refractivity contribution in [3.05, 3.63) is 71.3 Å². The third kappa shape index (κ3) is 4.24. The molecule has 2 saturated heterocycles. The van der Waals surface area contributed by atoms with Crippen LogP contribution >= 0.6 is 0 Å². The van der Waals surface area contributed by atoms with E-state index in [1.54, 1.807) is 0 Å². The number of amides is 2. The van der Waals surface area contributed by atoms with E-state index < -0.39 is 0 Å². The normalized spacial score (nSPS) is 22.6. The van der Waals surface area contributed by atoms with Crippen LogP contribution in [0.2, 0.25) is 0 Å². The monoisotopic (exact) mass is 417 g/mol. The van der Waals surface area contributed by atoms with Gasteiger partial charge in [0.1, 0.15) is 0 Å². The van der Waals surface area contributed by atoms with Crippen molar-refractivity contribution in [3.8, 4) is 0 Å². The Hall–Kier alpha value is -2.66. The zero-order valence-electron chi connectivity index (χ0n) is 18.1. The third-order valence-electron chi connectivity index (χ3n) is 7.22. The Morgan fingerprint density at radius 1 is 0.935 bits per heavy atom. The van der Waals surface area contributed by atoms with E-state index >= 15 is 0 Å². The molecule has 0 N–H and O–H groups in total. The molecule has 0 bridgehead atoms. The van der Waals surface area contributed by atoms with Crippen LogP contribution in [0.3, 0.4) is 0 Å². The Balaban J connectivity index is 1.23. The van der Waals surface area contributed by atoms with Crippen LogP contribution in [-0.2, 0) is 16.1 Å². The molecule has 0 radical (unpaired) electrons. The predicted molar refractivity (Wildman–Crippen MR) is 121 cm³/mol. The summed E-state index contributed by atoms with van der Waals surface area (Å²) >= 11 is 0. The molecule has 3 aliphatic rings. The number of hydrogen-bond acceptors (Lipinski definition) is 3. The molecule has 0 saturated carbocycles. The lowest BCUT2D eigenvalue weighted by molar-refractivity contribution is -0.135. The molecule has 0 aromatic heterocycles. The lowest BCUT2D eigenvalue weighted by Crippen LogP contribution is -2.49. The summed E-state index contributed by atoms with van der Waals surface area (Å²) in [6.45, 7) is 4.61. The van der Waals surface area contributed by atoms with Gasteiger partial charge in [0.05, 0.1) is 6.54 Å². The topological polar surface area (TPSA) is 43.9 Å². The summed E-state index contributed by atoms with van der Waals surface area (Å²) < 4.78 is 0. The highest BCUT2D eigenvalue weighted by Gasteiger charge is 2.33. The summed E-state index contributed by atoms with van der Waals surface area (Å²) in [5.41, 5.74) is 3.86. The number of fused-ring (bicyclic) bond motifs is 1. The van der Waals surface area contributed by atoms with Gasteiger partial charge in [-0.15, -0.1) is 0 Å². The quantitative estimate of drug-likeness (QED) is 0.767. The predicted octanol–water partition coefficient (Wildman–Crippen LogP) is 3.25. The maximum Gasteiger partial charge on any atom is 0.237 e. The van der Waals surface area contributed by atoms with Crippen LogP contribution in [-0.4, -0.2) is 65.3 Å². The molecular weight excluding hydrogens is 386 g/mol. The molecule has 1 atom stereocenters. The van der Waals surface area contributed by atoms with Crippen LogP contribution in [0.5, 0.6) is 0 Å². The van der Waals surface area contributed by atoms with Gasteiger partial charge in [0, 0.05) is 51.1 Å². The summed E-state index contributed by atoms with van der Waals surface area (Å²) in [6, 6.07) is 19.4. The number of benzene rings is 2. The van der Waals surface area contributed by atoms with Crippen molar-refractivity contribution in [2.24, 2.45) is 0 Å². The van der Waals surface area contributed by atoms with E-state index in [0.717, 1.165) is 45.4 Å². The van der Waals surface area contributed by atoms with Gasteiger partial charge in [-0.2, -0.15) is 0 Å². The molecule has 162 valence electrons. The van der Waals surface area contributed by atoms with E-state index in [9.17, 15) is 9.59 Å². The maximum absolute atomic E-state index is 13.3. The number of rotatable bonds is 4. The Bertz CT molecular complexity index is 937. The van der Waals surface area contributed by atoms with Crippen molar-refractivity contribution in [1.82, 2.24) is 14.7 Å². The molecule has 2 aromatic rings. The molecule has 5 rings (SSSR count). The number of carbonyl (C=O) groups is 2. The molecular formula is C26H31N3O2. The SMILES string of the molecule is O=C(CN1CCC(N2CCCC2=O)CC1)N1Cc2ccccc2C(c2ccccc2)C1. The van der Waals surface area contributed by atoms with Gasteiger partial charge in [0.15, 0.2) is 0 Å². The summed E-state index contributed by atoms with van der Waals surface area (Å²) in [5, 5.41) is 0. The average molecular weight is 418 g/mol. The number of hydrogen-bond donors (Lipinski definition) is 0. The van der Waals surface area contributed by atoms with Gasteiger partial charge in [-0.05, 0) is 36.0 Å². The van der Waals surface area contributed by atoms with E-state index in [-0.39, 0.29) is 11.8 Å². The highest BCUT2D eigenvalue weighted by Crippen LogP contribution is 2.33. The molecule has 3 heterocycles. The Morgan fingerprint density at radius 3 is 2.42 bits per heavy atom. The average Bonchev–Trinajstić information content (AvgIpc) is 3.25. The van der Waals surface area contributed by atoms with Crippen LogP contribution < -0.4 is 0 Å². The second-order valence-electron chi connectivity index (χ2n) is 9.13. The first-order valence-electron chi connectivity index (χ1n) is 11.6. The van der Waals surface area contributed by atoms with Crippen molar-refractivity contribution in [2.75, 3.05) is 32.7 Å². The minimum Gasteiger partial charge on any atom is -0.340 e. The van der Waals surface area contributed by atoms with Gasteiger partial charge in [-0.1, -0.05) is 54.6 Å². The first kappa shape index (κ1) is 20.3. The molecule has 5 heteroatoms. The van der Waals surface area contributed by atoms with E-state index in [4.69, 9.17) is 0 Å². The van der Waals surface area contributed by atoms with Crippen LogP contribution in [0.1, 0.15) is 48.3 Å². The van der Waals surface area contributed by atoms with E-state index in [2.05, 4.69) is 58.3 Å². The van der Waals surface area contributed by atoms with E-state index in [0.29, 0.717) is 31.5 Å². The lowest BCUT2D eigenvalue weighted by atomic mass is 9.84. The van der Waals surface area contributed by atoms with Crippen molar-refractivity contribution < 1.29 is 9.59 Å². The first-order valence-corrected chi connectivity index (χ1v) is 11.6. The molecule has 31 heavy (non-hydrogen) atoms. The summed E-state index contributed by atoms with van der Waals surface area (Å²) in [6.07, 6.45) is 3.66. The third-order valence-corrected chi connectivity index (χ3v) is 7.22. The van der Waals surface area contributed by atoms with Crippen LogP contribution in [0.15, 0.2) is 54.6 Å². The van der Waals surface area contributed by atoms with Gasteiger partial charge in [0.25, 0.3) is 0 Å². The van der Waals surface area contributed by atoms with Crippen molar-refractivity contribution >= 4 is 11.8 Å². The molecule has 0 aliphatic carbocycles. The zero-order valence-corrected chi connectivity index (χ0v) is 18.1. The first-order chi connectivity index (χ1) is 15.2. The van der Waals surface area contributed by atoms with Crippen LogP contribution in [0.4, 0.5) is 0 Å². The van der Waals surface area contributed by atoms with Crippen molar-refractivity contribution in [3.63, 3.8) is 0 Å². The molecule has 1 unspecified atom stereocenters. The fourth-order valence-corrected chi connectivity index (χ4v) is 5.50.